The highest BCUT2D eigenvalue weighted by Gasteiger charge is 2.20. The second-order valence-corrected chi connectivity index (χ2v) is 9.17. The predicted octanol–water partition coefficient (Wildman–Crippen LogP) is 5.31. The lowest BCUT2D eigenvalue weighted by Gasteiger charge is -2.19. The van der Waals surface area contributed by atoms with Crippen molar-refractivity contribution < 1.29 is 4.74 Å². The summed E-state index contributed by atoms with van der Waals surface area (Å²) in [6.45, 7) is 5.88. The van der Waals surface area contributed by atoms with E-state index in [0.29, 0.717) is 27.5 Å². The third kappa shape index (κ3) is 4.57. The number of aromatic nitrogens is 5. The number of pyridine rings is 3. The first-order chi connectivity index (χ1) is 17.9. The normalized spacial score (nSPS) is 11.9. The Kier molecular flexibility index (Phi) is 6.47. The lowest BCUT2D eigenvalue weighted by molar-refractivity contribution is 0.306. The Bertz CT molecular complexity index is 1730. The number of benzene rings is 1. The number of nitrogens with zero attached hydrogens (tertiary/aromatic N) is 6. The highest BCUT2D eigenvalue weighted by Crippen LogP contribution is 2.31. The van der Waals surface area contributed by atoms with Crippen LogP contribution in [0.25, 0.3) is 16.6 Å². The smallest absolute Gasteiger partial charge is 0.269 e. The molecule has 0 aliphatic rings. The summed E-state index contributed by atoms with van der Waals surface area (Å²) in [4.78, 5) is 22.0. The molecule has 5 aromatic rings. The number of rotatable bonds is 6. The van der Waals surface area contributed by atoms with Crippen molar-refractivity contribution in [3.8, 4) is 17.5 Å². The molecule has 1 unspecified atom stereocenters. The summed E-state index contributed by atoms with van der Waals surface area (Å²) >= 11 is 6.59. The molecule has 0 saturated carbocycles. The van der Waals surface area contributed by atoms with Crippen molar-refractivity contribution in [1.82, 2.24) is 24.3 Å². The Morgan fingerprint density at radius 1 is 1.19 bits per heavy atom. The lowest BCUT2D eigenvalue weighted by Crippen LogP contribution is -2.26. The van der Waals surface area contributed by atoms with Gasteiger partial charge < -0.3 is 9.30 Å². The molecule has 0 saturated heterocycles. The van der Waals surface area contributed by atoms with Gasteiger partial charge in [0.05, 0.1) is 28.6 Å². The number of aryl methyl sites for hydroxylation is 2. The minimum absolute atomic E-state index is 0.0644. The van der Waals surface area contributed by atoms with E-state index >= 15 is 0 Å². The zero-order valence-corrected chi connectivity index (χ0v) is 21.3. The summed E-state index contributed by atoms with van der Waals surface area (Å²) in [6.07, 6.45) is 7.01. The minimum Gasteiger partial charge on any atom is -0.486 e. The van der Waals surface area contributed by atoms with Crippen molar-refractivity contribution in [2.75, 3.05) is 0 Å². The van der Waals surface area contributed by atoms with E-state index in [1.165, 1.54) is 10.6 Å². The molecule has 8 nitrogen and oxygen atoms in total. The van der Waals surface area contributed by atoms with E-state index in [-0.39, 0.29) is 17.7 Å². The van der Waals surface area contributed by atoms with Crippen molar-refractivity contribution in [3.63, 3.8) is 0 Å². The maximum Gasteiger partial charge on any atom is 0.269 e. The molecule has 184 valence electrons. The van der Waals surface area contributed by atoms with Crippen molar-refractivity contribution >= 4 is 22.5 Å². The first-order valence-electron chi connectivity index (χ1n) is 11.7. The van der Waals surface area contributed by atoms with E-state index in [2.05, 4.69) is 10.1 Å². The van der Waals surface area contributed by atoms with Gasteiger partial charge in [0.1, 0.15) is 29.5 Å². The first kappa shape index (κ1) is 24.2. The van der Waals surface area contributed by atoms with Crippen LogP contribution in [-0.4, -0.2) is 24.3 Å². The minimum atomic E-state index is -0.472. The van der Waals surface area contributed by atoms with Gasteiger partial charge in [-0.15, -0.1) is 0 Å². The molecular formula is C28H23ClN6O2. The molecular weight excluding hydrogens is 488 g/mol. The van der Waals surface area contributed by atoms with Gasteiger partial charge in [0, 0.05) is 35.2 Å². The third-order valence-electron chi connectivity index (χ3n) is 6.18. The molecule has 4 aromatic heterocycles. The van der Waals surface area contributed by atoms with Gasteiger partial charge >= 0.3 is 0 Å². The van der Waals surface area contributed by atoms with E-state index < -0.39 is 6.04 Å². The van der Waals surface area contributed by atoms with Crippen LogP contribution < -0.4 is 10.3 Å². The summed E-state index contributed by atoms with van der Waals surface area (Å²) < 4.78 is 9.59. The summed E-state index contributed by atoms with van der Waals surface area (Å²) in [7, 11) is 0. The molecule has 4 heterocycles. The molecule has 0 radical (unpaired) electrons. The zero-order chi connectivity index (χ0) is 26.1. The van der Waals surface area contributed by atoms with Crippen LogP contribution >= 0.6 is 11.6 Å². The van der Waals surface area contributed by atoms with Crippen LogP contribution in [0.15, 0.2) is 72.0 Å². The Hall–Kier alpha value is -4.48. The molecule has 0 amide bonds. The third-order valence-corrected chi connectivity index (χ3v) is 6.53. The maximum absolute atomic E-state index is 12.8. The van der Waals surface area contributed by atoms with Crippen LogP contribution in [0.4, 0.5) is 0 Å². The molecule has 5 rings (SSSR count). The van der Waals surface area contributed by atoms with E-state index in [0.717, 1.165) is 22.3 Å². The van der Waals surface area contributed by atoms with E-state index in [4.69, 9.17) is 21.3 Å². The number of nitriles is 1. The van der Waals surface area contributed by atoms with Crippen molar-refractivity contribution in [1.29, 1.82) is 5.26 Å². The van der Waals surface area contributed by atoms with Gasteiger partial charge in [-0.1, -0.05) is 23.7 Å². The Labute approximate surface area is 218 Å². The number of ether oxygens (including phenoxy) is 1. The SMILES string of the molecule is Cc1cnn(-c2cc(C)nc3c(OCc4c(Cl)ccnc4C(C)n4cccc(C#N)c4=O)cccc23)c1. The Morgan fingerprint density at radius 2 is 2.03 bits per heavy atom. The van der Waals surface area contributed by atoms with Crippen LogP contribution in [0.3, 0.4) is 0 Å². The molecule has 1 atom stereocenters. The number of hydrogen-bond donors (Lipinski definition) is 0. The quantitative estimate of drug-likeness (QED) is 0.307. The fourth-order valence-electron chi connectivity index (χ4n) is 4.35. The summed E-state index contributed by atoms with van der Waals surface area (Å²) in [5, 5.41) is 15.1. The molecule has 0 aliphatic carbocycles. The number of halogens is 1. The van der Waals surface area contributed by atoms with Gasteiger partial charge in [-0.25, -0.2) is 9.67 Å². The van der Waals surface area contributed by atoms with Gasteiger partial charge in [0.2, 0.25) is 0 Å². The zero-order valence-electron chi connectivity index (χ0n) is 20.5. The van der Waals surface area contributed by atoms with Gasteiger partial charge in [-0.3, -0.25) is 9.78 Å². The van der Waals surface area contributed by atoms with Crippen molar-refractivity contribution in [2.24, 2.45) is 0 Å². The highest BCUT2D eigenvalue weighted by atomic mass is 35.5. The van der Waals surface area contributed by atoms with E-state index in [1.807, 2.05) is 68.2 Å². The number of para-hydroxylation sites is 1. The molecule has 9 heteroatoms. The van der Waals surface area contributed by atoms with Gasteiger partial charge in [0.15, 0.2) is 0 Å². The largest absolute Gasteiger partial charge is 0.486 e. The molecule has 0 spiro atoms. The standard InChI is InChI=1S/C28H23ClN6O2/c1-17-14-32-35(15-17)24-12-18(2)33-27-21(24)7-4-8-25(27)37-16-22-23(29)9-10-31-26(22)19(3)34-11-5-6-20(13-30)28(34)36/h4-12,14-15,19H,16H2,1-3H3. The Morgan fingerprint density at radius 3 is 2.78 bits per heavy atom. The van der Waals surface area contributed by atoms with Gasteiger partial charge in [-0.2, -0.15) is 10.4 Å². The molecule has 0 N–H and O–H groups in total. The van der Waals surface area contributed by atoms with E-state index in [1.54, 1.807) is 24.5 Å². The van der Waals surface area contributed by atoms with Crippen molar-refractivity contribution in [2.45, 2.75) is 33.4 Å². The van der Waals surface area contributed by atoms with Crippen LogP contribution in [-0.2, 0) is 6.61 Å². The van der Waals surface area contributed by atoms with Gasteiger partial charge in [0.25, 0.3) is 5.56 Å². The maximum atomic E-state index is 12.8. The second kappa shape index (κ2) is 9.88. The summed E-state index contributed by atoms with van der Waals surface area (Å²) in [6, 6.07) is 14.1. The predicted molar refractivity (Wildman–Crippen MR) is 141 cm³/mol. The second-order valence-electron chi connectivity index (χ2n) is 8.76. The molecule has 1 aromatic carbocycles. The first-order valence-corrected chi connectivity index (χ1v) is 12.0. The molecule has 0 bridgehead atoms. The van der Waals surface area contributed by atoms with E-state index in [9.17, 15) is 10.1 Å². The van der Waals surface area contributed by atoms with Crippen LogP contribution in [0.1, 0.15) is 41.0 Å². The highest BCUT2D eigenvalue weighted by molar-refractivity contribution is 6.31. The Balaban J connectivity index is 1.53. The van der Waals surface area contributed by atoms with Crippen molar-refractivity contribution in [3.05, 3.63) is 111 Å². The number of fused-ring (bicyclic) bond motifs is 1. The average Bonchev–Trinajstić information content (AvgIpc) is 3.33. The summed E-state index contributed by atoms with van der Waals surface area (Å²) in [5.74, 6) is 0.591. The summed E-state index contributed by atoms with van der Waals surface area (Å²) in [5.41, 5.74) is 4.42. The van der Waals surface area contributed by atoms with Gasteiger partial charge in [-0.05, 0) is 56.7 Å². The van der Waals surface area contributed by atoms with Crippen LogP contribution in [0, 0.1) is 25.2 Å². The molecule has 0 fully saturated rings. The van der Waals surface area contributed by atoms with Crippen LogP contribution in [0.2, 0.25) is 5.02 Å². The molecule has 0 aliphatic heterocycles. The molecule has 37 heavy (non-hydrogen) atoms. The average molecular weight is 511 g/mol. The fraction of sp³-hybridized carbons (Fsp3) is 0.179. The van der Waals surface area contributed by atoms with Crippen LogP contribution in [0.5, 0.6) is 5.75 Å². The monoisotopic (exact) mass is 510 g/mol. The fourth-order valence-corrected chi connectivity index (χ4v) is 4.56. The lowest BCUT2D eigenvalue weighted by atomic mass is 10.1. The number of hydrogen-bond acceptors (Lipinski definition) is 6. The topological polar surface area (TPSA) is 98.6 Å².